The van der Waals surface area contributed by atoms with E-state index in [4.69, 9.17) is 5.73 Å². The highest BCUT2D eigenvalue weighted by atomic mass is 35.5. The Morgan fingerprint density at radius 1 is 1.45 bits per heavy atom. The van der Waals surface area contributed by atoms with Crippen molar-refractivity contribution in [1.29, 1.82) is 0 Å². The molecule has 2 aromatic rings. The number of carbonyl (C=O) groups excluding carboxylic acids is 1. The van der Waals surface area contributed by atoms with E-state index in [0.717, 1.165) is 23.9 Å². The second-order valence-electron chi connectivity index (χ2n) is 5.29. The number of thiophene rings is 1. The molecule has 5 heteroatoms. The van der Waals surface area contributed by atoms with Crippen molar-refractivity contribution >= 4 is 39.7 Å². The largest absolute Gasteiger partial charge is 0.336 e. The molecule has 0 aliphatic carbocycles. The summed E-state index contributed by atoms with van der Waals surface area (Å²) in [6, 6.07) is 8.38. The third-order valence-electron chi connectivity index (χ3n) is 3.97. The molecule has 0 bridgehead atoms. The fraction of sp³-hybridized carbons (Fsp3) is 0.400. The zero-order valence-electron chi connectivity index (χ0n) is 11.4. The molecule has 1 aliphatic rings. The molecule has 2 atom stereocenters. The quantitative estimate of drug-likeness (QED) is 0.926. The third-order valence-corrected chi connectivity index (χ3v) is 4.93. The number of likely N-dealkylation sites (tertiary alicyclic amines) is 1. The molecule has 1 aromatic heterocycles. The Bertz CT molecular complexity index is 613. The first-order valence-corrected chi connectivity index (χ1v) is 7.56. The molecule has 3 rings (SSSR count). The molecule has 0 saturated carbocycles. The second-order valence-corrected chi connectivity index (χ2v) is 6.20. The SMILES string of the molecule is CC1CC(CN)CN1C(=O)c1csc2ccccc12.Cl. The van der Waals surface area contributed by atoms with E-state index < -0.39 is 0 Å². The van der Waals surface area contributed by atoms with E-state index in [0.29, 0.717) is 18.5 Å². The monoisotopic (exact) mass is 310 g/mol. The van der Waals surface area contributed by atoms with Gasteiger partial charge in [-0.05, 0) is 31.9 Å². The molecule has 108 valence electrons. The van der Waals surface area contributed by atoms with Gasteiger partial charge in [0.25, 0.3) is 5.91 Å². The minimum atomic E-state index is 0. The highest BCUT2D eigenvalue weighted by Crippen LogP contribution is 2.30. The maximum absolute atomic E-state index is 12.7. The van der Waals surface area contributed by atoms with Gasteiger partial charge in [-0.15, -0.1) is 23.7 Å². The van der Waals surface area contributed by atoms with Gasteiger partial charge >= 0.3 is 0 Å². The average Bonchev–Trinajstić information content (AvgIpc) is 3.01. The number of hydrogen-bond donors (Lipinski definition) is 1. The van der Waals surface area contributed by atoms with Crippen LogP contribution in [0.25, 0.3) is 10.1 Å². The van der Waals surface area contributed by atoms with Crippen LogP contribution in [0.3, 0.4) is 0 Å². The third kappa shape index (κ3) is 2.55. The first-order valence-electron chi connectivity index (χ1n) is 6.68. The van der Waals surface area contributed by atoms with Crippen LogP contribution in [0.2, 0.25) is 0 Å². The van der Waals surface area contributed by atoms with Gasteiger partial charge < -0.3 is 10.6 Å². The van der Waals surface area contributed by atoms with Crippen molar-refractivity contribution < 1.29 is 4.79 Å². The first-order chi connectivity index (χ1) is 9.20. The van der Waals surface area contributed by atoms with Gasteiger partial charge in [0, 0.05) is 28.1 Å². The van der Waals surface area contributed by atoms with E-state index in [9.17, 15) is 4.79 Å². The van der Waals surface area contributed by atoms with Crippen molar-refractivity contribution in [1.82, 2.24) is 4.90 Å². The minimum absolute atomic E-state index is 0. The number of nitrogens with zero attached hydrogens (tertiary/aromatic N) is 1. The van der Waals surface area contributed by atoms with Crippen LogP contribution in [0.4, 0.5) is 0 Å². The first kappa shape index (κ1) is 15.3. The number of nitrogens with two attached hydrogens (primary N) is 1. The second kappa shape index (κ2) is 6.12. The highest BCUT2D eigenvalue weighted by molar-refractivity contribution is 7.17. The molecular formula is C15H19ClN2OS. The topological polar surface area (TPSA) is 46.3 Å². The fourth-order valence-corrected chi connectivity index (χ4v) is 3.83. The summed E-state index contributed by atoms with van der Waals surface area (Å²) in [4.78, 5) is 14.7. The van der Waals surface area contributed by atoms with Crippen molar-refractivity contribution in [3.63, 3.8) is 0 Å². The Kier molecular flexibility index (Phi) is 4.68. The van der Waals surface area contributed by atoms with E-state index in [1.165, 1.54) is 4.70 Å². The summed E-state index contributed by atoms with van der Waals surface area (Å²) in [6.07, 6.45) is 1.02. The van der Waals surface area contributed by atoms with Crippen molar-refractivity contribution in [2.24, 2.45) is 11.7 Å². The zero-order chi connectivity index (χ0) is 13.4. The molecule has 2 N–H and O–H groups in total. The molecule has 20 heavy (non-hydrogen) atoms. The number of rotatable bonds is 2. The number of carbonyl (C=O) groups is 1. The van der Waals surface area contributed by atoms with Gasteiger partial charge in [-0.2, -0.15) is 0 Å². The van der Waals surface area contributed by atoms with Gasteiger partial charge in [0.05, 0.1) is 5.56 Å². The highest BCUT2D eigenvalue weighted by Gasteiger charge is 2.32. The standard InChI is InChI=1S/C15H18N2OS.ClH/c1-10-6-11(7-16)8-17(10)15(18)13-9-19-14-5-3-2-4-12(13)14;/h2-5,9-11H,6-8,16H2,1H3;1H. The number of fused-ring (bicyclic) bond motifs is 1. The summed E-state index contributed by atoms with van der Waals surface area (Å²) in [5.74, 6) is 0.602. The van der Waals surface area contributed by atoms with E-state index in [2.05, 4.69) is 13.0 Å². The summed E-state index contributed by atoms with van der Waals surface area (Å²) in [5.41, 5.74) is 6.57. The lowest BCUT2D eigenvalue weighted by Gasteiger charge is -2.21. The lowest BCUT2D eigenvalue weighted by molar-refractivity contribution is 0.0746. The Labute approximate surface area is 129 Å². The van der Waals surface area contributed by atoms with Gasteiger partial charge in [-0.25, -0.2) is 0 Å². The Balaban J connectivity index is 0.00000147. The maximum atomic E-state index is 12.7. The van der Waals surface area contributed by atoms with Crippen LogP contribution in [0.5, 0.6) is 0 Å². The molecule has 2 unspecified atom stereocenters. The van der Waals surface area contributed by atoms with E-state index >= 15 is 0 Å². The maximum Gasteiger partial charge on any atom is 0.255 e. The van der Waals surface area contributed by atoms with Gasteiger partial charge in [0.2, 0.25) is 0 Å². The smallest absolute Gasteiger partial charge is 0.255 e. The van der Waals surface area contributed by atoms with Gasteiger partial charge in [-0.1, -0.05) is 18.2 Å². The molecule has 1 aromatic carbocycles. The molecule has 3 nitrogen and oxygen atoms in total. The Hall–Kier alpha value is -1.10. The summed E-state index contributed by atoms with van der Waals surface area (Å²) < 4.78 is 1.17. The van der Waals surface area contributed by atoms with Crippen molar-refractivity contribution in [2.45, 2.75) is 19.4 Å². The minimum Gasteiger partial charge on any atom is -0.336 e. The summed E-state index contributed by atoms with van der Waals surface area (Å²) in [6.45, 7) is 3.57. The van der Waals surface area contributed by atoms with Crippen LogP contribution in [0.15, 0.2) is 29.6 Å². The van der Waals surface area contributed by atoms with Gasteiger partial charge in [-0.3, -0.25) is 4.79 Å². The molecule has 2 heterocycles. The van der Waals surface area contributed by atoms with Crippen LogP contribution in [0, 0.1) is 5.92 Å². The molecule has 1 saturated heterocycles. The lowest BCUT2D eigenvalue weighted by atomic mass is 10.1. The summed E-state index contributed by atoms with van der Waals surface area (Å²) in [7, 11) is 0. The zero-order valence-corrected chi connectivity index (χ0v) is 13.0. The Morgan fingerprint density at radius 3 is 2.90 bits per heavy atom. The molecule has 0 spiro atoms. The van der Waals surface area contributed by atoms with E-state index in [1.54, 1.807) is 11.3 Å². The number of amides is 1. The van der Waals surface area contributed by atoms with E-state index in [-0.39, 0.29) is 18.3 Å². The fourth-order valence-electron chi connectivity index (χ4n) is 2.89. The van der Waals surface area contributed by atoms with Crippen molar-refractivity contribution in [2.75, 3.05) is 13.1 Å². The van der Waals surface area contributed by atoms with Crippen LogP contribution in [0.1, 0.15) is 23.7 Å². The predicted molar refractivity (Wildman–Crippen MR) is 86.7 cm³/mol. The molecule has 1 amide bonds. The number of benzene rings is 1. The van der Waals surface area contributed by atoms with Crippen LogP contribution in [-0.2, 0) is 0 Å². The van der Waals surface area contributed by atoms with Crippen molar-refractivity contribution in [3.8, 4) is 0 Å². The molecule has 1 aliphatic heterocycles. The summed E-state index contributed by atoms with van der Waals surface area (Å²) >= 11 is 1.64. The van der Waals surface area contributed by atoms with Crippen molar-refractivity contribution in [3.05, 3.63) is 35.2 Å². The Morgan fingerprint density at radius 2 is 2.20 bits per heavy atom. The number of hydrogen-bond acceptors (Lipinski definition) is 3. The normalized spacial score (nSPS) is 22.0. The average molecular weight is 311 g/mol. The van der Waals surface area contributed by atoms with Gasteiger partial charge in [0.1, 0.15) is 0 Å². The van der Waals surface area contributed by atoms with Crippen LogP contribution >= 0.6 is 23.7 Å². The predicted octanol–water partition coefficient (Wildman–Crippen LogP) is 3.13. The van der Waals surface area contributed by atoms with E-state index in [1.807, 2.05) is 28.5 Å². The summed E-state index contributed by atoms with van der Waals surface area (Å²) in [5, 5.41) is 3.05. The lowest BCUT2D eigenvalue weighted by Crippen LogP contribution is -2.34. The molecule has 1 fully saturated rings. The molecule has 0 radical (unpaired) electrons. The number of halogens is 1. The van der Waals surface area contributed by atoms with Crippen LogP contribution in [-0.4, -0.2) is 29.9 Å². The molecular weight excluding hydrogens is 292 g/mol. The van der Waals surface area contributed by atoms with Crippen LogP contribution < -0.4 is 5.73 Å². The van der Waals surface area contributed by atoms with Gasteiger partial charge in [0.15, 0.2) is 0 Å².